The van der Waals surface area contributed by atoms with Crippen LogP contribution in [0.3, 0.4) is 0 Å². The highest BCUT2D eigenvalue weighted by Crippen LogP contribution is 2.17. The van der Waals surface area contributed by atoms with Crippen molar-refractivity contribution in [3.63, 3.8) is 0 Å². The maximum Gasteiger partial charge on any atom is 0.408 e. The Balaban J connectivity index is 2.67. The molecule has 160 valence electrons. The number of hydrogen-bond acceptors (Lipinski definition) is 5. The van der Waals surface area contributed by atoms with Crippen LogP contribution in [0.25, 0.3) is 0 Å². The zero-order valence-corrected chi connectivity index (χ0v) is 16.8. The maximum atomic E-state index is 14.3. The van der Waals surface area contributed by atoms with E-state index >= 15 is 0 Å². The maximum absolute atomic E-state index is 14.3. The minimum absolute atomic E-state index is 0.119. The number of halogens is 1. The van der Waals surface area contributed by atoms with Crippen molar-refractivity contribution in [3.05, 3.63) is 29.6 Å². The van der Waals surface area contributed by atoms with Crippen LogP contribution in [0, 0.1) is 5.82 Å². The van der Waals surface area contributed by atoms with Gasteiger partial charge in [0.2, 0.25) is 11.8 Å². The highest BCUT2D eigenvalue weighted by atomic mass is 19.1. The minimum Gasteiger partial charge on any atom is -0.480 e. The first-order chi connectivity index (χ1) is 13.4. The summed E-state index contributed by atoms with van der Waals surface area (Å²) in [4.78, 5) is 46.1. The molecule has 0 unspecified atom stereocenters. The van der Waals surface area contributed by atoms with Crippen LogP contribution in [0.1, 0.15) is 39.7 Å². The second-order valence-corrected chi connectivity index (χ2v) is 7.23. The third-order valence-electron chi connectivity index (χ3n) is 3.49. The fourth-order valence-electron chi connectivity index (χ4n) is 2.18. The molecule has 0 aliphatic heterocycles. The molecule has 1 rings (SSSR count). The summed E-state index contributed by atoms with van der Waals surface area (Å²) in [6.45, 7) is 6.19. The number of aliphatic carboxylic acids is 1. The van der Waals surface area contributed by atoms with Crippen molar-refractivity contribution in [1.29, 1.82) is 0 Å². The standard InChI is InChI=1S/C19H26FN3O6/c1-5-15(24)23-14(17(26)27)9-11-6-7-13(12(20)8-11)22-16(25)10-21-18(28)29-19(2,3)4/h6-8,14H,5,9-10H2,1-4H3,(H,21,28)(H,22,25)(H,23,24)(H,26,27)/t14-/m1/s1. The largest absolute Gasteiger partial charge is 0.480 e. The van der Waals surface area contributed by atoms with Crippen LogP contribution in [0.4, 0.5) is 14.9 Å². The van der Waals surface area contributed by atoms with Crippen molar-refractivity contribution in [2.75, 3.05) is 11.9 Å². The molecule has 9 nitrogen and oxygen atoms in total. The number of carbonyl (C=O) groups excluding carboxylic acids is 3. The van der Waals surface area contributed by atoms with Crippen molar-refractivity contribution in [2.45, 2.75) is 52.2 Å². The van der Waals surface area contributed by atoms with E-state index in [0.29, 0.717) is 5.56 Å². The summed E-state index contributed by atoms with van der Waals surface area (Å²) < 4.78 is 19.2. The van der Waals surface area contributed by atoms with Crippen LogP contribution >= 0.6 is 0 Å². The fraction of sp³-hybridized carbons (Fsp3) is 0.474. The van der Waals surface area contributed by atoms with E-state index in [2.05, 4.69) is 16.0 Å². The summed E-state index contributed by atoms with van der Waals surface area (Å²) in [5.41, 5.74) is -0.516. The van der Waals surface area contributed by atoms with Gasteiger partial charge in [0, 0.05) is 12.8 Å². The first kappa shape index (κ1) is 23.9. The first-order valence-electron chi connectivity index (χ1n) is 8.98. The average molecular weight is 411 g/mol. The molecule has 0 fully saturated rings. The number of carbonyl (C=O) groups is 4. The molecule has 1 atom stereocenters. The highest BCUT2D eigenvalue weighted by molar-refractivity contribution is 5.94. The normalized spacial score (nSPS) is 11.9. The molecule has 1 aromatic carbocycles. The van der Waals surface area contributed by atoms with Gasteiger partial charge in [-0.25, -0.2) is 14.0 Å². The van der Waals surface area contributed by atoms with E-state index in [1.165, 1.54) is 12.1 Å². The Morgan fingerprint density at radius 3 is 2.34 bits per heavy atom. The lowest BCUT2D eigenvalue weighted by Crippen LogP contribution is -2.42. The Kier molecular flexibility index (Phi) is 8.56. The summed E-state index contributed by atoms with van der Waals surface area (Å²) in [5, 5.41) is 16.1. The lowest BCUT2D eigenvalue weighted by Gasteiger charge is -2.19. The van der Waals surface area contributed by atoms with E-state index < -0.39 is 47.9 Å². The Morgan fingerprint density at radius 1 is 1.17 bits per heavy atom. The molecule has 0 spiro atoms. The molecule has 0 heterocycles. The summed E-state index contributed by atoms with van der Waals surface area (Å²) >= 11 is 0. The van der Waals surface area contributed by atoms with Crippen molar-refractivity contribution < 1.29 is 33.4 Å². The van der Waals surface area contributed by atoms with Gasteiger partial charge in [-0.3, -0.25) is 9.59 Å². The quantitative estimate of drug-likeness (QED) is 0.515. The van der Waals surface area contributed by atoms with Gasteiger partial charge in [0.25, 0.3) is 0 Å². The average Bonchev–Trinajstić information content (AvgIpc) is 2.60. The van der Waals surface area contributed by atoms with E-state index in [1.807, 2.05) is 0 Å². The molecule has 0 bridgehead atoms. The number of hydrogen-bond donors (Lipinski definition) is 4. The van der Waals surface area contributed by atoms with Crippen LogP contribution in [0.2, 0.25) is 0 Å². The minimum atomic E-state index is -1.24. The number of rotatable bonds is 8. The highest BCUT2D eigenvalue weighted by Gasteiger charge is 2.21. The molecule has 10 heteroatoms. The van der Waals surface area contributed by atoms with Crippen molar-refractivity contribution in [2.24, 2.45) is 0 Å². The molecule has 0 saturated heterocycles. The summed E-state index contributed by atoms with van der Waals surface area (Å²) in [5.74, 6) is -3.11. The molecular weight excluding hydrogens is 385 g/mol. The second kappa shape index (κ2) is 10.4. The van der Waals surface area contributed by atoms with Crippen LogP contribution < -0.4 is 16.0 Å². The molecule has 0 aromatic heterocycles. The number of ether oxygens (including phenoxy) is 1. The number of amides is 3. The summed E-state index contributed by atoms with van der Waals surface area (Å²) in [6.07, 6.45) is -0.773. The lowest BCUT2D eigenvalue weighted by molar-refractivity contribution is -0.141. The Labute approximate surface area is 168 Å². The van der Waals surface area contributed by atoms with Crippen molar-refractivity contribution >= 4 is 29.6 Å². The Bertz CT molecular complexity index is 776. The van der Waals surface area contributed by atoms with Gasteiger partial charge >= 0.3 is 12.1 Å². The van der Waals surface area contributed by atoms with Gasteiger partial charge in [0.15, 0.2) is 0 Å². The van der Waals surface area contributed by atoms with Crippen LogP contribution in [-0.4, -0.2) is 47.2 Å². The second-order valence-electron chi connectivity index (χ2n) is 7.23. The third-order valence-corrected chi connectivity index (χ3v) is 3.49. The number of benzene rings is 1. The Morgan fingerprint density at radius 2 is 1.83 bits per heavy atom. The van der Waals surface area contributed by atoms with Crippen LogP contribution in [-0.2, 0) is 25.5 Å². The summed E-state index contributed by atoms with van der Waals surface area (Å²) in [6, 6.07) is 2.59. The van der Waals surface area contributed by atoms with Crippen molar-refractivity contribution in [3.8, 4) is 0 Å². The summed E-state index contributed by atoms with van der Waals surface area (Å²) in [7, 11) is 0. The van der Waals surface area contributed by atoms with E-state index in [0.717, 1.165) is 6.07 Å². The van der Waals surface area contributed by atoms with Gasteiger partial charge in [0.05, 0.1) is 5.69 Å². The van der Waals surface area contributed by atoms with Crippen molar-refractivity contribution in [1.82, 2.24) is 10.6 Å². The van der Waals surface area contributed by atoms with E-state index in [-0.39, 0.29) is 18.5 Å². The van der Waals surface area contributed by atoms with Gasteiger partial charge < -0.3 is 25.8 Å². The van der Waals surface area contributed by atoms with E-state index in [9.17, 15) is 28.7 Å². The first-order valence-corrected chi connectivity index (χ1v) is 8.98. The fourth-order valence-corrected chi connectivity index (χ4v) is 2.18. The SMILES string of the molecule is CCC(=O)N[C@H](Cc1ccc(NC(=O)CNC(=O)OC(C)(C)C)c(F)c1)C(=O)O. The topological polar surface area (TPSA) is 134 Å². The lowest BCUT2D eigenvalue weighted by atomic mass is 10.0. The number of anilines is 1. The zero-order chi connectivity index (χ0) is 22.2. The zero-order valence-electron chi connectivity index (χ0n) is 16.8. The number of carboxylic acid groups (broad SMARTS) is 1. The molecule has 0 aliphatic rings. The van der Waals surface area contributed by atoms with Gasteiger partial charge in [-0.2, -0.15) is 0 Å². The van der Waals surface area contributed by atoms with Gasteiger partial charge in [-0.05, 0) is 38.5 Å². The van der Waals surface area contributed by atoms with Gasteiger partial charge in [-0.1, -0.05) is 13.0 Å². The molecular formula is C19H26FN3O6. The van der Waals surface area contributed by atoms with Gasteiger partial charge in [-0.15, -0.1) is 0 Å². The smallest absolute Gasteiger partial charge is 0.408 e. The molecule has 0 aliphatic carbocycles. The molecule has 4 N–H and O–H groups in total. The van der Waals surface area contributed by atoms with Crippen LogP contribution in [0.15, 0.2) is 18.2 Å². The number of nitrogens with one attached hydrogen (secondary N) is 3. The monoisotopic (exact) mass is 411 g/mol. The molecule has 29 heavy (non-hydrogen) atoms. The Hall–Kier alpha value is -3.17. The van der Waals surface area contributed by atoms with Gasteiger partial charge in [0.1, 0.15) is 24.0 Å². The third kappa shape index (κ3) is 9.04. The van der Waals surface area contributed by atoms with Crippen LogP contribution in [0.5, 0.6) is 0 Å². The number of alkyl carbamates (subject to hydrolysis) is 1. The molecule has 0 saturated carbocycles. The predicted octanol–water partition coefficient (Wildman–Crippen LogP) is 1.81. The molecule has 0 radical (unpaired) electrons. The predicted molar refractivity (Wildman–Crippen MR) is 103 cm³/mol. The molecule has 1 aromatic rings. The van der Waals surface area contributed by atoms with E-state index in [4.69, 9.17) is 4.74 Å². The van der Waals surface area contributed by atoms with E-state index in [1.54, 1.807) is 27.7 Å². The number of carboxylic acids is 1. The molecule has 3 amide bonds.